The van der Waals surface area contributed by atoms with Crippen LogP contribution in [0.1, 0.15) is 39.6 Å². The molecule has 0 radical (unpaired) electrons. The number of nitrogens with one attached hydrogen (secondary N) is 1. The zero-order valence-electron chi connectivity index (χ0n) is 11.0. The van der Waals surface area contributed by atoms with Crippen LogP contribution >= 0.6 is 27.3 Å². The molecule has 0 spiro atoms. The lowest BCUT2D eigenvalue weighted by Gasteiger charge is -2.12. The van der Waals surface area contributed by atoms with Gasteiger partial charge >= 0.3 is 0 Å². The van der Waals surface area contributed by atoms with Crippen molar-refractivity contribution in [2.45, 2.75) is 26.8 Å². The van der Waals surface area contributed by atoms with Gasteiger partial charge in [-0.3, -0.25) is 4.79 Å². The van der Waals surface area contributed by atoms with E-state index in [4.69, 9.17) is 0 Å². The third-order valence-corrected chi connectivity index (χ3v) is 4.81. The van der Waals surface area contributed by atoms with Crippen molar-refractivity contribution in [3.05, 3.63) is 49.9 Å². The molecule has 1 aromatic carbocycles. The zero-order chi connectivity index (χ0) is 14.0. The van der Waals surface area contributed by atoms with Crippen LogP contribution in [0.4, 0.5) is 0 Å². The van der Waals surface area contributed by atoms with Crippen molar-refractivity contribution in [2.24, 2.45) is 0 Å². The quantitative estimate of drug-likeness (QED) is 0.918. The van der Waals surface area contributed by atoms with Gasteiger partial charge in [0.25, 0.3) is 5.91 Å². The second kappa shape index (κ2) is 5.84. The topological polar surface area (TPSA) is 42.0 Å². The van der Waals surface area contributed by atoms with Gasteiger partial charge in [-0.05, 0) is 44.5 Å². The van der Waals surface area contributed by atoms with E-state index in [9.17, 15) is 4.79 Å². The molecule has 1 N–H and O–H groups in total. The average molecular weight is 339 g/mol. The predicted molar refractivity (Wildman–Crippen MR) is 81.6 cm³/mol. The van der Waals surface area contributed by atoms with E-state index < -0.39 is 0 Å². The van der Waals surface area contributed by atoms with Gasteiger partial charge in [0, 0.05) is 21.1 Å². The number of halogens is 1. The van der Waals surface area contributed by atoms with Gasteiger partial charge in [0.2, 0.25) is 0 Å². The molecular weight excluding hydrogens is 324 g/mol. The maximum absolute atomic E-state index is 12.1. The first-order valence-corrected chi connectivity index (χ1v) is 7.63. The Labute approximate surface area is 125 Å². The molecule has 0 aliphatic rings. The average Bonchev–Trinajstić information content (AvgIpc) is 2.79. The third kappa shape index (κ3) is 3.42. The Kier molecular flexibility index (Phi) is 4.37. The summed E-state index contributed by atoms with van der Waals surface area (Å²) in [4.78, 5) is 16.5. The lowest BCUT2D eigenvalue weighted by molar-refractivity contribution is 0.0939. The number of carbonyl (C=O) groups excluding carboxylic acids is 1. The van der Waals surface area contributed by atoms with Crippen LogP contribution in [-0.2, 0) is 0 Å². The number of nitrogens with zero attached hydrogens (tertiary/aromatic N) is 1. The number of hydrogen-bond donors (Lipinski definition) is 1. The standard InChI is InChI=1S/C14H15BrN2OS/c1-8-6-11(4-5-12(8)15)13(18)17-10(3)14-16-9(2)7-19-14/h4-7,10H,1-3H3,(H,17,18). The van der Waals surface area contributed by atoms with Crippen LogP contribution in [0, 0.1) is 13.8 Å². The summed E-state index contributed by atoms with van der Waals surface area (Å²) in [5.41, 5.74) is 2.70. The van der Waals surface area contributed by atoms with Crippen molar-refractivity contribution in [1.29, 1.82) is 0 Å². The number of amides is 1. The monoisotopic (exact) mass is 338 g/mol. The zero-order valence-corrected chi connectivity index (χ0v) is 13.4. The van der Waals surface area contributed by atoms with Gasteiger partial charge in [0.15, 0.2) is 0 Å². The lowest BCUT2D eigenvalue weighted by Crippen LogP contribution is -2.26. The Morgan fingerprint density at radius 2 is 2.16 bits per heavy atom. The van der Waals surface area contributed by atoms with Crippen molar-refractivity contribution in [3.63, 3.8) is 0 Å². The molecule has 0 fully saturated rings. The summed E-state index contributed by atoms with van der Waals surface area (Å²) >= 11 is 5.00. The van der Waals surface area contributed by atoms with Gasteiger partial charge in [-0.2, -0.15) is 0 Å². The van der Waals surface area contributed by atoms with Gasteiger partial charge < -0.3 is 5.32 Å². The highest BCUT2D eigenvalue weighted by atomic mass is 79.9. The van der Waals surface area contributed by atoms with Crippen molar-refractivity contribution >= 4 is 33.2 Å². The highest BCUT2D eigenvalue weighted by Gasteiger charge is 2.14. The number of hydrogen-bond acceptors (Lipinski definition) is 3. The Morgan fingerprint density at radius 1 is 1.42 bits per heavy atom. The summed E-state index contributed by atoms with van der Waals surface area (Å²) < 4.78 is 1.01. The third-order valence-electron chi connectivity index (χ3n) is 2.77. The van der Waals surface area contributed by atoms with Gasteiger partial charge in [-0.25, -0.2) is 4.98 Å². The summed E-state index contributed by atoms with van der Waals surface area (Å²) in [7, 11) is 0. The minimum Gasteiger partial charge on any atom is -0.343 e. The van der Waals surface area contributed by atoms with Gasteiger partial charge in [0.1, 0.15) is 5.01 Å². The first kappa shape index (κ1) is 14.2. The number of rotatable bonds is 3. The Morgan fingerprint density at radius 3 is 2.74 bits per heavy atom. The molecule has 2 rings (SSSR count). The van der Waals surface area contributed by atoms with Crippen LogP contribution in [0.15, 0.2) is 28.1 Å². The van der Waals surface area contributed by atoms with Crippen LogP contribution < -0.4 is 5.32 Å². The van der Waals surface area contributed by atoms with Crippen LogP contribution in [0.5, 0.6) is 0 Å². The van der Waals surface area contributed by atoms with Crippen LogP contribution in [0.3, 0.4) is 0 Å². The normalized spacial score (nSPS) is 12.2. The number of thiazole rings is 1. The van der Waals surface area contributed by atoms with Gasteiger partial charge in [0.05, 0.1) is 6.04 Å². The molecule has 0 saturated carbocycles. The maximum atomic E-state index is 12.1. The fourth-order valence-corrected chi connectivity index (χ4v) is 2.75. The summed E-state index contributed by atoms with van der Waals surface area (Å²) in [6.07, 6.45) is 0. The largest absolute Gasteiger partial charge is 0.343 e. The maximum Gasteiger partial charge on any atom is 0.251 e. The second-order valence-corrected chi connectivity index (χ2v) is 6.23. The minimum atomic E-state index is -0.0739. The van der Waals surface area contributed by atoms with Gasteiger partial charge in [-0.1, -0.05) is 15.9 Å². The molecule has 1 aromatic heterocycles. The molecule has 0 aliphatic heterocycles. The predicted octanol–water partition coefficient (Wildman–Crippen LogP) is 4.01. The fourth-order valence-electron chi connectivity index (χ4n) is 1.70. The number of carbonyl (C=O) groups is 1. The molecule has 5 heteroatoms. The molecule has 0 saturated heterocycles. The van der Waals surface area contributed by atoms with Crippen molar-refractivity contribution in [2.75, 3.05) is 0 Å². The molecule has 0 bridgehead atoms. The van der Waals surface area contributed by atoms with E-state index in [1.807, 2.05) is 44.4 Å². The van der Waals surface area contributed by atoms with Crippen molar-refractivity contribution in [3.8, 4) is 0 Å². The SMILES string of the molecule is Cc1csc(C(C)NC(=O)c2ccc(Br)c(C)c2)n1. The molecular formula is C14H15BrN2OS. The lowest BCUT2D eigenvalue weighted by atomic mass is 10.1. The molecule has 1 unspecified atom stereocenters. The van der Waals surface area contributed by atoms with E-state index in [1.54, 1.807) is 11.3 Å². The summed E-state index contributed by atoms with van der Waals surface area (Å²) in [5, 5.41) is 5.88. The highest BCUT2D eigenvalue weighted by molar-refractivity contribution is 9.10. The molecule has 0 aliphatic carbocycles. The smallest absolute Gasteiger partial charge is 0.251 e. The van der Waals surface area contributed by atoms with E-state index in [0.717, 1.165) is 20.7 Å². The molecule has 2 aromatic rings. The van der Waals surface area contributed by atoms with Crippen molar-refractivity contribution < 1.29 is 4.79 Å². The van der Waals surface area contributed by atoms with E-state index in [0.29, 0.717) is 5.56 Å². The van der Waals surface area contributed by atoms with E-state index in [2.05, 4.69) is 26.2 Å². The first-order chi connectivity index (χ1) is 8.97. The molecule has 1 amide bonds. The van der Waals surface area contributed by atoms with Gasteiger partial charge in [-0.15, -0.1) is 11.3 Å². The van der Waals surface area contributed by atoms with Crippen LogP contribution in [-0.4, -0.2) is 10.9 Å². The molecule has 1 atom stereocenters. The first-order valence-electron chi connectivity index (χ1n) is 5.96. The minimum absolute atomic E-state index is 0.0732. The van der Waals surface area contributed by atoms with E-state index >= 15 is 0 Å². The molecule has 100 valence electrons. The fraction of sp³-hybridized carbons (Fsp3) is 0.286. The Hall–Kier alpha value is -1.20. The molecule has 3 nitrogen and oxygen atoms in total. The molecule has 19 heavy (non-hydrogen) atoms. The van der Waals surface area contributed by atoms with Crippen molar-refractivity contribution in [1.82, 2.24) is 10.3 Å². The Bertz CT molecular complexity index is 609. The van der Waals surface area contributed by atoms with E-state index in [-0.39, 0.29) is 11.9 Å². The highest BCUT2D eigenvalue weighted by Crippen LogP contribution is 2.20. The number of aryl methyl sites for hydroxylation is 2. The number of benzene rings is 1. The van der Waals surface area contributed by atoms with Crippen LogP contribution in [0.2, 0.25) is 0 Å². The number of aromatic nitrogens is 1. The second-order valence-electron chi connectivity index (χ2n) is 4.49. The molecule has 1 heterocycles. The summed E-state index contributed by atoms with van der Waals surface area (Å²) in [6.45, 7) is 5.86. The summed E-state index contributed by atoms with van der Waals surface area (Å²) in [5.74, 6) is -0.0732. The van der Waals surface area contributed by atoms with E-state index in [1.165, 1.54) is 0 Å². The van der Waals surface area contributed by atoms with Crippen LogP contribution in [0.25, 0.3) is 0 Å². The summed E-state index contributed by atoms with van der Waals surface area (Å²) in [6, 6.07) is 5.50. The Balaban J connectivity index is 2.10.